The van der Waals surface area contributed by atoms with Gasteiger partial charge in [0.05, 0.1) is 26.9 Å². The zero-order chi connectivity index (χ0) is 22.7. The Bertz CT molecular complexity index is 1040. The zero-order valence-corrected chi connectivity index (χ0v) is 16.9. The zero-order valence-electron chi connectivity index (χ0n) is 15.4. The summed E-state index contributed by atoms with van der Waals surface area (Å²) in [4.78, 5) is 49.3. The summed E-state index contributed by atoms with van der Waals surface area (Å²) in [7, 11) is 0. The number of rotatable bonds is 7. The second-order valence-electron chi connectivity index (χ2n) is 6.09. The number of carbonyl (C=O) groups excluding carboxylic acids is 4. The van der Waals surface area contributed by atoms with Crippen molar-refractivity contribution >= 4 is 52.6 Å². The third kappa shape index (κ3) is 5.09. The predicted molar refractivity (Wildman–Crippen MR) is 104 cm³/mol. The summed E-state index contributed by atoms with van der Waals surface area (Å²) in [5, 5.41) is 2.39. The molecule has 0 saturated carbocycles. The topological polar surface area (TPSA) is 102 Å². The second-order valence-corrected chi connectivity index (χ2v) is 6.91. The van der Waals surface area contributed by atoms with Gasteiger partial charge in [0.1, 0.15) is 12.3 Å². The molecule has 1 N–H and O–H groups in total. The van der Waals surface area contributed by atoms with Gasteiger partial charge in [0.2, 0.25) is 0 Å². The molecule has 162 valence electrons. The first kappa shape index (κ1) is 22.4. The van der Waals surface area contributed by atoms with E-state index in [9.17, 15) is 28.0 Å². The maximum Gasteiger partial charge on any atom is 0.387 e. The van der Waals surface area contributed by atoms with Crippen molar-refractivity contribution in [1.82, 2.24) is 4.90 Å². The molecule has 3 amide bonds. The number of anilines is 1. The van der Waals surface area contributed by atoms with Crippen LogP contribution in [0.25, 0.3) is 0 Å². The van der Waals surface area contributed by atoms with Crippen LogP contribution in [-0.4, -0.2) is 48.4 Å². The van der Waals surface area contributed by atoms with E-state index in [1.54, 1.807) is 0 Å². The van der Waals surface area contributed by atoms with Gasteiger partial charge >= 0.3 is 12.6 Å². The number of para-hydroxylation sites is 2. The first-order valence-electron chi connectivity index (χ1n) is 8.52. The molecule has 0 fully saturated rings. The average molecular weight is 473 g/mol. The van der Waals surface area contributed by atoms with Crippen LogP contribution in [0.3, 0.4) is 0 Å². The number of amides is 3. The minimum absolute atomic E-state index is 0.0134. The lowest BCUT2D eigenvalue weighted by Gasteiger charge is -2.14. The molecule has 1 heterocycles. The van der Waals surface area contributed by atoms with Crippen LogP contribution in [0.2, 0.25) is 10.0 Å². The fourth-order valence-electron chi connectivity index (χ4n) is 2.70. The molecule has 8 nitrogen and oxygen atoms in total. The third-order valence-electron chi connectivity index (χ3n) is 4.04. The van der Waals surface area contributed by atoms with Gasteiger partial charge in [-0.1, -0.05) is 35.3 Å². The number of nitrogens with one attached hydrogen (secondary N) is 1. The lowest BCUT2D eigenvalue weighted by molar-refractivity contribution is -0.147. The molecular weight excluding hydrogens is 461 g/mol. The van der Waals surface area contributed by atoms with Crippen LogP contribution >= 0.6 is 23.2 Å². The molecule has 12 heteroatoms. The summed E-state index contributed by atoms with van der Waals surface area (Å²) >= 11 is 11.7. The van der Waals surface area contributed by atoms with E-state index in [2.05, 4.69) is 10.1 Å². The van der Waals surface area contributed by atoms with Crippen molar-refractivity contribution in [2.45, 2.75) is 6.61 Å². The van der Waals surface area contributed by atoms with Gasteiger partial charge in [-0.2, -0.15) is 8.78 Å². The van der Waals surface area contributed by atoms with Crippen molar-refractivity contribution in [1.29, 1.82) is 0 Å². The Morgan fingerprint density at radius 3 is 2.19 bits per heavy atom. The maximum atomic E-state index is 12.4. The molecule has 2 aromatic rings. The molecule has 0 saturated heterocycles. The summed E-state index contributed by atoms with van der Waals surface area (Å²) in [6.07, 6.45) is 0. The van der Waals surface area contributed by atoms with Crippen molar-refractivity contribution in [3.8, 4) is 5.75 Å². The molecule has 0 spiro atoms. The molecule has 0 aliphatic carbocycles. The predicted octanol–water partition coefficient (Wildman–Crippen LogP) is 3.37. The molecule has 1 aliphatic heterocycles. The molecule has 2 aromatic carbocycles. The fourth-order valence-corrected chi connectivity index (χ4v) is 3.03. The van der Waals surface area contributed by atoms with Gasteiger partial charge in [-0.25, -0.2) is 0 Å². The van der Waals surface area contributed by atoms with E-state index in [-0.39, 0.29) is 32.6 Å². The lowest BCUT2D eigenvalue weighted by atomic mass is 10.1. The highest BCUT2D eigenvalue weighted by Crippen LogP contribution is 2.31. The van der Waals surface area contributed by atoms with E-state index in [0.717, 1.165) is 0 Å². The van der Waals surface area contributed by atoms with E-state index in [4.69, 9.17) is 27.9 Å². The van der Waals surface area contributed by atoms with Crippen molar-refractivity contribution in [3.63, 3.8) is 0 Å². The van der Waals surface area contributed by atoms with Gasteiger partial charge in [0.25, 0.3) is 17.7 Å². The highest BCUT2D eigenvalue weighted by Gasteiger charge is 2.37. The molecule has 1 aliphatic rings. The van der Waals surface area contributed by atoms with Crippen LogP contribution in [0.1, 0.15) is 20.7 Å². The number of benzene rings is 2. The molecular formula is C19H12Cl2F2N2O6. The van der Waals surface area contributed by atoms with Crippen molar-refractivity contribution < 1.29 is 37.4 Å². The summed E-state index contributed by atoms with van der Waals surface area (Å²) in [6.45, 7) is -4.64. The standard InChI is InChI=1S/C19H12Cl2F2N2O6/c20-11-5-9-10(6-12(11)21)18(29)25(17(9)28)7-16(27)30-8-15(26)24-13-3-1-2-4-14(13)31-19(22)23/h1-6,19H,7-8H2,(H,24,26). The fraction of sp³-hybridized carbons (Fsp3) is 0.158. The van der Waals surface area contributed by atoms with E-state index in [0.29, 0.717) is 4.90 Å². The molecule has 0 atom stereocenters. The minimum Gasteiger partial charge on any atom is -0.454 e. The Kier molecular flexibility index (Phi) is 6.71. The maximum absolute atomic E-state index is 12.4. The highest BCUT2D eigenvalue weighted by molar-refractivity contribution is 6.43. The van der Waals surface area contributed by atoms with E-state index in [1.165, 1.54) is 36.4 Å². The van der Waals surface area contributed by atoms with Crippen LogP contribution in [0, 0.1) is 0 Å². The van der Waals surface area contributed by atoms with Gasteiger partial charge in [0, 0.05) is 0 Å². The molecule has 0 radical (unpaired) electrons. The normalized spacial score (nSPS) is 12.7. The minimum atomic E-state index is -3.10. The second kappa shape index (κ2) is 9.27. The van der Waals surface area contributed by atoms with Crippen molar-refractivity contribution in [2.24, 2.45) is 0 Å². The van der Waals surface area contributed by atoms with E-state index in [1.807, 2.05) is 0 Å². The summed E-state index contributed by atoms with van der Waals surface area (Å²) < 4.78 is 33.9. The number of fused-ring (bicyclic) bond motifs is 1. The van der Waals surface area contributed by atoms with Crippen LogP contribution in [-0.2, 0) is 14.3 Å². The Morgan fingerprint density at radius 1 is 1.03 bits per heavy atom. The van der Waals surface area contributed by atoms with Gasteiger partial charge in [-0.15, -0.1) is 0 Å². The van der Waals surface area contributed by atoms with Crippen molar-refractivity contribution in [3.05, 3.63) is 57.6 Å². The number of imide groups is 1. The average Bonchev–Trinajstić information content (AvgIpc) is 2.92. The molecule has 0 aromatic heterocycles. The number of alkyl halides is 2. The Hall–Kier alpha value is -3.24. The monoisotopic (exact) mass is 472 g/mol. The number of carbonyl (C=O) groups is 4. The van der Waals surface area contributed by atoms with Gasteiger partial charge in [-0.3, -0.25) is 24.1 Å². The number of halogens is 4. The molecule has 0 bridgehead atoms. The first-order valence-corrected chi connectivity index (χ1v) is 9.27. The van der Waals surface area contributed by atoms with Crippen LogP contribution in [0.5, 0.6) is 5.75 Å². The lowest BCUT2D eigenvalue weighted by Crippen LogP contribution is -2.36. The number of esters is 1. The van der Waals surface area contributed by atoms with E-state index >= 15 is 0 Å². The van der Waals surface area contributed by atoms with E-state index < -0.39 is 43.5 Å². The Balaban J connectivity index is 1.57. The van der Waals surface area contributed by atoms with Gasteiger partial charge in [-0.05, 0) is 24.3 Å². The largest absolute Gasteiger partial charge is 0.454 e. The van der Waals surface area contributed by atoms with Crippen molar-refractivity contribution in [2.75, 3.05) is 18.5 Å². The first-order chi connectivity index (χ1) is 14.7. The SMILES string of the molecule is O=C(COC(=O)CN1C(=O)c2cc(Cl)c(Cl)cc2C1=O)Nc1ccccc1OC(F)F. The van der Waals surface area contributed by atoms with Crippen LogP contribution < -0.4 is 10.1 Å². The summed E-state index contributed by atoms with van der Waals surface area (Å²) in [6, 6.07) is 7.87. The number of hydrogen-bond acceptors (Lipinski definition) is 6. The smallest absolute Gasteiger partial charge is 0.387 e. The molecule has 0 unspecified atom stereocenters. The third-order valence-corrected chi connectivity index (χ3v) is 4.76. The summed E-state index contributed by atoms with van der Waals surface area (Å²) in [5.41, 5.74) is -0.0842. The number of nitrogens with zero attached hydrogens (tertiary/aromatic N) is 1. The Morgan fingerprint density at radius 2 is 1.61 bits per heavy atom. The Labute approximate surface area is 183 Å². The van der Waals surface area contributed by atoms with Crippen LogP contribution in [0.4, 0.5) is 14.5 Å². The highest BCUT2D eigenvalue weighted by atomic mass is 35.5. The van der Waals surface area contributed by atoms with Gasteiger partial charge in [0.15, 0.2) is 6.61 Å². The van der Waals surface area contributed by atoms with Crippen LogP contribution in [0.15, 0.2) is 36.4 Å². The van der Waals surface area contributed by atoms with Gasteiger partial charge < -0.3 is 14.8 Å². The number of hydrogen-bond donors (Lipinski definition) is 1. The molecule has 3 rings (SSSR count). The quantitative estimate of drug-likeness (QED) is 0.489. The molecule has 31 heavy (non-hydrogen) atoms. The number of ether oxygens (including phenoxy) is 2. The summed E-state index contributed by atoms with van der Waals surface area (Å²) in [5.74, 6) is -3.70.